The first kappa shape index (κ1) is 17.0. The molecule has 0 amide bonds. The highest BCUT2D eigenvalue weighted by Crippen LogP contribution is 2.27. The zero-order valence-electron chi connectivity index (χ0n) is 14.7. The van der Waals surface area contributed by atoms with E-state index in [0.717, 1.165) is 42.6 Å². The molecule has 1 fully saturated rings. The number of nitrogens with zero attached hydrogens (tertiary/aromatic N) is 5. The number of hydrogen-bond acceptors (Lipinski definition) is 8. The van der Waals surface area contributed by atoms with Gasteiger partial charge in [0.1, 0.15) is 5.75 Å². The molecule has 1 aromatic carbocycles. The van der Waals surface area contributed by atoms with E-state index >= 15 is 0 Å². The average Bonchev–Trinajstić information content (AvgIpc) is 3.35. The molecule has 26 heavy (non-hydrogen) atoms. The maximum absolute atomic E-state index is 5.66. The Morgan fingerprint density at radius 3 is 2.81 bits per heavy atom. The van der Waals surface area contributed by atoms with Crippen molar-refractivity contribution in [2.75, 3.05) is 37.7 Å². The van der Waals surface area contributed by atoms with Gasteiger partial charge in [0.05, 0.1) is 18.7 Å². The summed E-state index contributed by atoms with van der Waals surface area (Å²) in [7, 11) is 0. The molecular weight excluding hydrogens is 350 g/mol. The highest BCUT2D eigenvalue weighted by Gasteiger charge is 2.21. The SMILES string of the molecule is CCOc1ccccc1-c1noc(CN2CCN(c3nccs3)CC2)n1. The zero-order valence-corrected chi connectivity index (χ0v) is 15.5. The van der Waals surface area contributed by atoms with Gasteiger partial charge in [-0.1, -0.05) is 17.3 Å². The number of anilines is 1. The van der Waals surface area contributed by atoms with Crippen molar-refractivity contribution in [1.82, 2.24) is 20.0 Å². The third-order valence-electron chi connectivity index (χ3n) is 4.32. The van der Waals surface area contributed by atoms with E-state index in [1.165, 1.54) is 0 Å². The van der Waals surface area contributed by atoms with Gasteiger partial charge >= 0.3 is 0 Å². The highest BCUT2D eigenvalue weighted by atomic mass is 32.1. The molecule has 7 nitrogen and oxygen atoms in total. The van der Waals surface area contributed by atoms with Gasteiger partial charge in [-0.3, -0.25) is 4.90 Å². The first-order valence-electron chi connectivity index (χ1n) is 8.75. The minimum Gasteiger partial charge on any atom is -0.493 e. The van der Waals surface area contributed by atoms with Gasteiger partial charge in [0, 0.05) is 37.8 Å². The van der Waals surface area contributed by atoms with Crippen LogP contribution in [0.25, 0.3) is 11.4 Å². The largest absolute Gasteiger partial charge is 0.493 e. The van der Waals surface area contributed by atoms with Gasteiger partial charge in [0.2, 0.25) is 11.7 Å². The second-order valence-corrected chi connectivity index (χ2v) is 6.89. The normalized spacial score (nSPS) is 15.3. The van der Waals surface area contributed by atoms with Gasteiger partial charge in [-0.2, -0.15) is 4.98 Å². The molecule has 1 aliphatic heterocycles. The minimum absolute atomic E-state index is 0.575. The van der Waals surface area contributed by atoms with Crippen LogP contribution in [-0.4, -0.2) is 52.8 Å². The van der Waals surface area contributed by atoms with E-state index in [2.05, 4.69) is 24.9 Å². The summed E-state index contributed by atoms with van der Waals surface area (Å²) in [6, 6.07) is 7.77. The number of aromatic nitrogens is 3. The number of thiazole rings is 1. The monoisotopic (exact) mass is 371 g/mol. The van der Waals surface area contributed by atoms with E-state index in [4.69, 9.17) is 9.26 Å². The number of rotatable bonds is 6. The van der Waals surface area contributed by atoms with E-state index in [-0.39, 0.29) is 0 Å². The first-order valence-corrected chi connectivity index (χ1v) is 9.63. The van der Waals surface area contributed by atoms with Crippen molar-refractivity contribution in [3.63, 3.8) is 0 Å². The van der Waals surface area contributed by atoms with Crippen LogP contribution in [0.1, 0.15) is 12.8 Å². The summed E-state index contributed by atoms with van der Waals surface area (Å²) in [6.45, 7) is 7.05. The fourth-order valence-electron chi connectivity index (χ4n) is 3.02. The molecule has 4 rings (SSSR count). The standard InChI is InChI=1S/C18H21N5O2S/c1-2-24-15-6-4-3-5-14(15)17-20-16(25-21-17)13-22-8-10-23(11-9-22)18-19-7-12-26-18/h3-7,12H,2,8-11,13H2,1H3. The van der Waals surface area contributed by atoms with Crippen molar-refractivity contribution < 1.29 is 9.26 Å². The number of ether oxygens (including phenoxy) is 1. The molecule has 1 saturated heterocycles. The van der Waals surface area contributed by atoms with Gasteiger partial charge in [0.25, 0.3) is 0 Å². The predicted molar refractivity (Wildman–Crippen MR) is 101 cm³/mol. The van der Waals surface area contributed by atoms with Crippen LogP contribution in [0.2, 0.25) is 0 Å². The molecule has 8 heteroatoms. The van der Waals surface area contributed by atoms with Crippen LogP contribution in [0.15, 0.2) is 40.4 Å². The maximum Gasteiger partial charge on any atom is 0.241 e. The molecule has 0 spiro atoms. The van der Waals surface area contributed by atoms with Crippen LogP contribution >= 0.6 is 11.3 Å². The van der Waals surface area contributed by atoms with Crippen LogP contribution < -0.4 is 9.64 Å². The Bertz CT molecular complexity index is 828. The van der Waals surface area contributed by atoms with Crippen molar-refractivity contribution in [3.05, 3.63) is 41.7 Å². The van der Waals surface area contributed by atoms with E-state index in [0.29, 0.717) is 24.9 Å². The lowest BCUT2D eigenvalue weighted by molar-refractivity contribution is 0.215. The molecule has 136 valence electrons. The summed E-state index contributed by atoms with van der Waals surface area (Å²) in [5, 5.41) is 7.25. The van der Waals surface area contributed by atoms with Crippen molar-refractivity contribution in [2.24, 2.45) is 0 Å². The molecule has 0 atom stereocenters. The summed E-state index contributed by atoms with van der Waals surface area (Å²) in [6.07, 6.45) is 1.85. The Kier molecular flexibility index (Phi) is 5.12. The summed E-state index contributed by atoms with van der Waals surface area (Å²) in [5.74, 6) is 1.99. The first-order chi connectivity index (χ1) is 12.8. The van der Waals surface area contributed by atoms with Crippen LogP contribution in [0, 0.1) is 0 Å². The third-order valence-corrected chi connectivity index (χ3v) is 5.15. The van der Waals surface area contributed by atoms with Gasteiger partial charge in [-0.05, 0) is 19.1 Å². The molecule has 1 aliphatic rings. The highest BCUT2D eigenvalue weighted by molar-refractivity contribution is 7.13. The second kappa shape index (κ2) is 7.84. The Balaban J connectivity index is 1.39. The van der Waals surface area contributed by atoms with Crippen molar-refractivity contribution in [1.29, 1.82) is 0 Å². The van der Waals surface area contributed by atoms with Crippen LogP contribution in [0.5, 0.6) is 5.75 Å². The van der Waals surface area contributed by atoms with Crippen molar-refractivity contribution >= 4 is 16.5 Å². The minimum atomic E-state index is 0.575. The molecule has 0 bridgehead atoms. The number of hydrogen-bond donors (Lipinski definition) is 0. The van der Waals surface area contributed by atoms with E-state index < -0.39 is 0 Å². The maximum atomic E-state index is 5.66. The number of piperazine rings is 1. The third kappa shape index (κ3) is 3.71. The van der Waals surface area contributed by atoms with Crippen molar-refractivity contribution in [3.8, 4) is 17.1 Å². The average molecular weight is 371 g/mol. The lowest BCUT2D eigenvalue weighted by Crippen LogP contribution is -2.46. The van der Waals surface area contributed by atoms with Gasteiger partial charge in [-0.25, -0.2) is 4.98 Å². The summed E-state index contributed by atoms with van der Waals surface area (Å²) < 4.78 is 11.1. The second-order valence-electron chi connectivity index (χ2n) is 6.02. The molecule has 2 aromatic heterocycles. The fraction of sp³-hybridized carbons (Fsp3) is 0.389. The Labute approximate surface area is 156 Å². The lowest BCUT2D eigenvalue weighted by atomic mass is 10.2. The fourth-order valence-corrected chi connectivity index (χ4v) is 3.72. The van der Waals surface area contributed by atoms with Crippen LogP contribution in [0.3, 0.4) is 0 Å². The quantitative estimate of drug-likeness (QED) is 0.660. The molecule has 0 N–H and O–H groups in total. The zero-order chi connectivity index (χ0) is 17.8. The van der Waals surface area contributed by atoms with Gasteiger partial charge < -0.3 is 14.2 Å². The van der Waals surface area contributed by atoms with Gasteiger partial charge in [0.15, 0.2) is 5.13 Å². The molecule has 0 saturated carbocycles. The molecule has 0 radical (unpaired) electrons. The Morgan fingerprint density at radius 2 is 2.04 bits per heavy atom. The summed E-state index contributed by atoms with van der Waals surface area (Å²) in [5.41, 5.74) is 0.859. The van der Waals surface area contributed by atoms with E-state index in [1.54, 1.807) is 11.3 Å². The van der Waals surface area contributed by atoms with Crippen LogP contribution in [0.4, 0.5) is 5.13 Å². The summed E-state index contributed by atoms with van der Waals surface area (Å²) >= 11 is 1.68. The molecule has 3 heterocycles. The predicted octanol–water partition coefficient (Wildman–Crippen LogP) is 2.91. The van der Waals surface area contributed by atoms with Crippen molar-refractivity contribution in [2.45, 2.75) is 13.5 Å². The van der Waals surface area contributed by atoms with E-state index in [9.17, 15) is 0 Å². The van der Waals surface area contributed by atoms with Crippen LogP contribution in [-0.2, 0) is 6.54 Å². The lowest BCUT2D eigenvalue weighted by Gasteiger charge is -2.33. The molecule has 0 aliphatic carbocycles. The Morgan fingerprint density at radius 1 is 1.19 bits per heavy atom. The molecular formula is C18H21N5O2S. The Hall–Kier alpha value is -2.45. The summed E-state index contributed by atoms with van der Waals surface area (Å²) in [4.78, 5) is 13.6. The topological polar surface area (TPSA) is 67.5 Å². The smallest absolute Gasteiger partial charge is 0.241 e. The number of benzene rings is 1. The molecule has 3 aromatic rings. The molecule has 0 unspecified atom stereocenters. The van der Waals surface area contributed by atoms with Gasteiger partial charge in [-0.15, -0.1) is 11.3 Å². The van der Waals surface area contributed by atoms with E-state index in [1.807, 2.05) is 42.8 Å². The number of para-hydroxylation sites is 1.